The third-order valence-corrected chi connectivity index (χ3v) is 3.44. The van der Waals surface area contributed by atoms with Gasteiger partial charge in [-0.3, -0.25) is 4.98 Å². The molecule has 0 aliphatic carbocycles. The minimum absolute atomic E-state index is 0.474. The lowest BCUT2D eigenvalue weighted by molar-refractivity contribution is 0.451. The molecule has 1 heterocycles. The number of rotatable bonds is 5. The van der Waals surface area contributed by atoms with Gasteiger partial charge in [0.15, 0.2) is 0 Å². The predicted molar refractivity (Wildman–Crippen MR) is 72.8 cm³/mol. The molecule has 0 aliphatic rings. The van der Waals surface area contributed by atoms with E-state index in [1.54, 1.807) is 0 Å². The predicted octanol–water partition coefficient (Wildman–Crippen LogP) is 3.64. The summed E-state index contributed by atoms with van der Waals surface area (Å²) in [4.78, 5) is 4.57. The van der Waals surface area contributed by atoms with Crippen LogP contribution in [0.5, 0.6) is 0 Å². The standard InChI is InChI=1S/C13H21BrN2/c1-5-12(10(4)15-6-2)13-9(3)7-11(14)8-16-13/h7-8,10,12,15H,5-6H2,1-4H3. The largest absolute Gasteiger partial charge is 0.314 e. The molecule has 0 radical (unpaired) electrons. The van der Waals surface area contributed by atoms with E-state index < -0.39 is 0 Å². The molecule has 0 bridgehead atoms. The molecule has 1 N–H and O–H groups in total. The molecule has 1 rings (SSSR count). The quantitative estimate of drug-likeness (QED) is 0.893. The monoisotopic (exact) mass is 284 g/mol. The van der Waals surface area contributed by atoms with Crippen molar-refractivity contribution >= 4 is 15.9 Å². The van der Waals surface area contributed by atoms with Crippen LogP contribution in [0, 0.1) is 6.92 Å². The van der Waals surface area contributed by atoms with Crippen LogP contribution in [0.1, 0.15) is 44.4 Å². The average molecular weight is 285 g/mol. The summed E-state index contributed by atoms with van der Waals surface area (Å²) in [5, 5.41) is 3.49. The Hall–Kier alpha value is -0.410. The fraction of sp³-hybridized carbons (Fsp3) is 0.615. The van der Waals surface area contributed by atoms with Gasteiger partial charge in [0, 0.05) is 28.3 Å². The van der Waals surface area contributed by atoms with E-state index in [-0.39, 0.29) is 0 Å². The van der Waals surface area contributed by atoms with Gasteiger partial charge in [-0.15, -0.1) is 0 Å². The molecule has 3 heteroatoms. The van der Waals surface area contributed by atoms with E-state index in [9.17, 15) is 0 Å². The molecule has 2 unspecified atom stereocenters. The van der Waals surface area contributed by atoms with Crippen molar-refractivity contribution in [2.24, 2.45) is 0 Å². The number of hydrogen-bond donors (Lipinski definition) is 1. The molecule has 0 amide bonds. The van der Waals surface area contributed by atoms with Crippen molar-refractivity contribution in [2.75, 3.05) is 6.54 Å². The van der Waals surface area contributed by atoms with Crippen LogP contribution in [0.4, 0.5) is 0 Å². The molecule has 0 fully saturated rings. The van der Waals surface area contributed by atoms with Gasteiger partial charge in [0.25, 0.3) is 0 Å². The highest BCUT2D eigenvalue weighted by atomic mass is 79.9. The Morgan fingerprint density at radius 2 is 2.12 bits per heavy atom. The van der Waals surface area contributed by atoms with E-state index in [0.717, 1.165) is 17.4 Å². The first-order valence-corrected chi connectivity index (χ1v) is 6.74. The zero-order chi connectivity index (χ0) is 12.1. The number of pyridine rings is 1. The summed E-state index contributed by atoms with van der Waals surface area (Å²) in [5.41, 5.74) is 2.49. The van der Waals surface area contributed by atoms with Gasteiger partial charge in [0.2, 0.25) is 0 Å². The van der Waals surface area contributed by atoms with Gasteiger partial charge >= 0.3 is 0 Å². The molecule has 16 heavy (non-hydrogen) atoms. The zero-order valence-electron chi connectivity index (χ0n) is 10.5. The first-order valence-electron chi connectivity index (χ1n) is 5.95. The molecule has 1 aromatic heterocycles. The van der Waals surface area contributed by atoms with Gasteiger partial charge in [-0.25, -0.2) is 0 Å². The molecule has 90 valence electrons. The molecule has 1 aromatic rings. The summed E-state index contributed by atoms with van der Waals surface area (Å²) >= 11 is 3.46. The summed E-state index contributed by atoms with van der Waals surface area (Å²) in [7, 11) is 0. The van der Waals surface area contributed by atoms with Crippen LogP contribution in [-0.4, -0.2) is 17.6 Å². The van der Waals surface area contributed by atoms with Crippen LogP contribution in [0.15, 0.2) is 16.7 Å². The first kappa shape index (κ1) is 13.7. The first-order chi connectivity index (χ1) is 7.60. The molecule has 0 aliphatic heterocycles. The maximum Gasteiger partial charge on any atom is 0.0479 e. The maximum atomic E-state index is 4.57. The van der Waals surface area contributed by atoms with Crippen molar-refractivity contribution in [1.29, 1.82) is 0 Å². The topological polar surface area (TPSA) is 24.9 Å². The van der Waals surface area contributed by atoms with Gasteiger partial charge in [0.1, 0.15) is 0 Å². The lowest BCUT2D eigenvalue weighted by Crippen LogP contribution is -2.32. The maximum absolute atomic E-state index is 4.57. The lowest BCUT2D eigenvalue weighted by Gasteiger charge is -2.24. The zero-order valence-corrected chi connectivity index (χ0v) is 12.1. The molecule has 0 spiro atoms. The number of hydrogen-bond acceptors (Lipinski definition) is 2. The molecule has 0 saturated heterocycles. The second-order valence-corrected chi connectivity index (χ2v) is 5.13. The van der Waals surface area contributed by atoms with Gasteiger partial charge < -0.3 is 5.32 Å². The fourth-order valence-electron chi connectivity index (χ4n) is 2.19. The highest BCUT2D eigenvalue weighted by Crippen LogP contribution is 2.26. The number of halogens is 1. The number of nitrogens with zero attached hydrogens (tertiary/aromatic N) is 1. The van der Waals surface area contributed by atoms with E-state index in [1.807, 2.05) is 6.20 Å². The third kappa shape index (κ3) is 3.29. The third-order valence-electron chi connectivity index (χ3n) is 3.01. The Labute approximate surface area is 107 Å². The Balaban J connectivity index is 2.94. The second kappa shape index (κ2) is 6.36. The molecule has 0 saturated carbocycles. The Bertz CT molecular complexity index is 339. The van der Waals surface area contributed by atoms with Crippen LogP contribution in [-0.2, 0) is 0 Å². The number of likely N-dealkylation sites (N-methyl/N-ethyl adjacent to an activating group) is 1. The Morgan fingerprint density at radius 1 is 1.44 bits per heavy atom. The second-order valence-electron chi connectivity index (χ2n) is 4.22. The van der Waals surface area contributed by atoms with Crippen molar-refractivity contribution < 1.29 is 0 Å². The SMILES string of the molecule is CCNC(C)C(CC)c1ncc(Br)cc1C. The van der Waals surface area contributed by atoms with Crippen molar-refractivity contribution in [3.63, 3.8) is 0 Å². The van der Waals surface area contributed by atoms with Gasteiger partial charge in [-0.1, -0.05) is 13.8 Å². The van der Waals surface area contributed by atoms with Crippen molar-refractivity contribution in [1.82, 2.24) is 10.3 Å². The summed E-state index contributed by atoms with van der Waals surface area (Å²) in [5.74, 6) is 0.494. The van der Waals surface area contributed by atoms with Crippen molar-refractivity contribution in [2.45, 2.75) is 46.1 Å². The summed E-state index contributed by atoms with van der Waals surface area (Å²) < 4.78 is 1.06. The van der Waals surface area contributed by atoms with E-state index >= 15 is 0 Å². The number of aryl methyl sites for hydroxylation is 1. The van der Waals surface area contributed by atoms with Gasteiger partial charge in [-0.2, -0.15) is 0 Å². The molecule has 2 atom stereocenters. The number of aromatic nitrogens is 1. The minimum atomic E-state index is 0.474. The van der Waals surface area contributed by atoms with Crippen LogP contribution in [0.25, 0.3) is 0 Å². The van der Waals surface area contributed by atoms with Gasteiger partial charge in [-0.05, 0) is 54.4 Å². The molecular weight excluding hydrogens is 264 g/mol. The van der Waals surface area contributed by atoms with Crippen LogP contribution < -0.4 is 5.32 Å². The van der Waals surface area contributed by atoms with E-state index in [0.29, 0.717) is 12.0 Å². The molecule has 0 aromatic carbocycles. The highest BCUT2D eigenvalue weighted by Gasteiger charge is 2.19. The Kier molecular flexibility index (Phi) is 5.42. The van der Waals surface area contributed by atoms with E-state index in [2.05, 4.69) is 60.0 Å². The summed E-state index contributed by atoms with van der Waals surface area (Å²) in [6.07, 6.45) is 3.01. The van der Waals surface area contributed by atoms with E-state index in [1.165, 1.54) is 11.3 Å². The summed E-state index contributed by atoms with van der Waals surface area (Å²) in [6, 6.07) is 2.62. The minimum Gasteiger partial charge on any atom is -0.314 e. The van der Waals surface area contributed by atoms with Gasteiger partial charge in [0.05, 0.1) is 0 Å². The van der Waals surface area contributed by atoms with Crippen molar-refractivity contribution in [3.8, 4) is 0 Å². The van der Waals surface area contributed by atoms with Crippen LogP contribution >= 0.6 is 15.9 Å². The smallest absolute Gasteiger partial charge is 0.0479 e. The Morgan fingerprint density at radius 3 is 2.62 bits per heavy atom. The van der Waals surface area contributed by atoms with Crippen LogP contribution in [0.3, 0.4) is 0 Å². The average Bonchev–Trinajstić information content (AvgIpc) is 2.22. The molecule has 2 nitrogen and oxygen atoms in total. The number of nitrogens with one attached hydrogen (secondary N) is 1. The summed E-state index contributed by atoms with van der Waals surface area (Å²) in [6.45, 7) is 9.75. The highest BCUT2D eigenvalue weighted by molar-refractivity contribution is 9.10. The lowest BCUT2D eigenvalue weighted by atomic mass is 9.91. The fourth-order valence-corrected chi connectivity index (χ4v) is 2.63. The van der Waals surface area contributed by atoms with Crippen molar-refractivity contribution in [3.05, 3.63) is 28.0 Å². The van der Waals surface area contributed by atoms with Crippen LogP contribution in [0.2, 0.25) is 0 Å². The normalized spacial score (nSPS) is 14.8. The van der Waals surface area contributed by atoms with E-state index in [4.69, 9.17) is 0 Å². The molecular formula is C13H21BrN2.